The van der Waals surface area contributed by atoms with E-state index in [2.05, 4.69) is 34.3 Å². The fourth-order valence-corrected chi connectivity index (χ4v) is 4.00. The second-order valence-corrected chi connectivity index (χ2v) is 8.41. The minimum absolute atomic E-state index is 0.118. The maximum atomic E-state index is 13.2. The molecular weight excluding hydrogens is 386 g/mol. The zero-order chi connectivity index (χ0) is 22.0. The summed E-state index contributed by atoms with van der Waals surface area (Å²) in [6.45, 7) is 6.01. The number of carbonyl (C=O) groups is 2. The third-order valence-corrected chi connectivity index (χ3v) is 5.86. The summed E-state index contributed by atoms with van der Waals surface area (Å²) in [5.74, 6) is -0.341. The van der Waals surface area contributed by atoms with Crippen LogP contribution in [0.4, 0.5) is 0 Å². The molecule has 0 bridgehead atoms. The minimum atomic E-state index is -0.614. The fraction of sp³-hybridized carbons (Fsp3) is 0.308. The topological polar surface area (TPSA) is 63.1 Å². The lowest BCUT2D eigenvalue weighted by Gasteiger charge is -2.19. The Morgan fingerprint density at radius 2 is 1.68 bits per heavy atom. The molecule has 4 rings (SSSR count). The molecule has 3 aromatic rings. The van der Waals surface area contributed by atoms with E-state index in [1.807, 2.05) is 62.4 Å². The van der Waals surface area contributed by atoms with Gasteiger partial charge in [0, 0.05) is 29.5 Å². The predicted octanol–water partition coefficient (Wildman–Crippen LogP) is 4.02. The maximum absolute atomic E-state index is 13.2. The summed E-state index contributed by atoms with van der Waals surface area (Å²) < 4.78 is 2.10. The number of amides is 2. The van der Waals surface area contributed by atoms with E-state index < -0.39 is 6.04 Å². The Kier molecular flexibility index (Phi) is 5.94. The Hall–Kier alpha value is -3.34. The van der Waals surface area contributed by atoms with Crippen LogP contribution in [-0.2, 0) is 11.2 Å². The van der Waals surface area contributed by atoms with E-state index in [-0.39, 0.29) is 17.9 Å². The van der Waals surface area contributed by atoms with Crippen molar-refractivity contribution in [3.8, 4) is 5.69 Å². The molecular formula is C26H29N3O2. The zero-order valence-corrected chi connectivity index (χ0v) is 18.3. The predicted molar refractivity (Wildman–Crippen MR) is 123 cm³/mol. The highest BCUT2D eigenvalue weighted by molar-refractivity contribution is 5.99. The van der Waals surface area contributed by atoms with Gasteiger partial charge in [0.2, 0.25) is 5.91 Å². The van der Waals surface area contributed by atoms with E-state index in [0.29, 0.717) is 12.0 Å². The summed E-state index contributed by atoms with van der Waals surface area (Å²) in [5.41, 5.74) is 5.66. The number of aromatic nitrogens is 1. The molecule has 1 unspecified atom stereocenters. The SMILES string of the molecule is Cc1ccccc1-n1c(C)cc(C(=O)NC(Cc2ccccc2)C(=O)NC2CC2)c1C. The summed E-state index contributed by atoms with van der Waals surface area (Å²) >= 11 is 0. The molecule has 0 aliphatic heterocycles. The quantitative estimate of drug-likeness (QED) is 0.612. The van der Waals surface area contributed by atoms with E-state index in [1.165, 1.54) is 0 Å². The molecule has 31 heavy (non-hydrogen) atoms. The molecule has 5 nitrogen and oxygen atoms in total. The monoisotopic (exact) mass is 415 g/mol. The lowest BCUT2D eigenvalue weighted by molar-refractivity contribution is -0.123. The first kappa shape index (κ1) is 20.9. The summed E-state index contributed by atoms with van der Waals surface area (Å²) in [5, 5.41) is 6.03. The molecule has 0 radical (unpaired) electrons. The molecule has 5 heteroatoms. The highest BCUT2D eigenvalue weighted by Gasteiger charge is 2.29. The summed E-state index contributed by atoms with van der Waals surface area (Å²) in [7, 11) is 0. The van der Waals surface area contributed by atoms with E-state index in [4.69, 9.17) is 0 Å². The lowest BCUT2D eigenvalue weighted by Crippen LogP contribution is -2.48. The molecule has 1 aliphatic carbocycles. The molecule has 1 aromatic heterocycles. The molecule has 0 saturated heterocycles. The van der Waals surface area contributed by atoms with Crippen LogP contribution in [0.3, 0.4) is 0 Å². The number of rotatable bonds is 7. The lowest BCUT2D eigenvalue weighted by atomic mass is 10.0. The zero-order valence-electron chi connectivity index (χ0n) is 18.3. The molecule has 1 aliphatic rings. The van der Waals surface area contributed by atoms with Crippen LogP contribution in [0.25, 0.3) is 5.69 Å². The summed E-state index contributed by atoms with van der Waals surface area (Å²) in [6.07, 6.45) is 2.48. The van der Waals surface area contributed by atoms with Crippen molar-refractivity contribution in [2.24, 2.45) is 0 Å². The number of para-hydroxylation sites is 1. The highest BCUT2D eigenvalue weighted by Crippen LogP contribution is 2.23. The highest BCUT2D eigenvalue weighted by atomic mass is 16.2. The van der Waals surface area contributed by atoms with E-state index >= 15 is 0 Å². The van der Waals surface area contributed by atoms with E-state index in [0.717, 1.165) is 41.0 Å². The molecule has 2 N–H and O–H groups in total. The number of hydrogen-bond donors (Lipinski definition) is 2. The summed E-state index contributed by atoms with van der Waals surface area (Å²) in [4.78, 5) is 26.1. The van der Waals surface area contributed by atoms with Crippen molar-refractivity contribution in [2.75, 3.05) is 0 Å². The van der Waals surface area contributed by atoms with Gasteiger partial charge >= 0.3 is 0 Å². The van der Waals surface area contributed by atoms with Crippen LogP contribution >= 0.6 is 0 Å². The second kappa shape index (κ2) is 8.80. The van der Waals surface area contributed by atoms with Crippen LogP contribution in [0, 0.1) is 20.8 Å². The van der Waals surface area contributed by atoms with Crippen LogP contribution in [-0.4, -0.2) is 28.5 Å². The molecule has 1 saturated carbocycles. The van der Waals surface area contributed by atoms with Crippen LogP contribution < -0.4 is 10.6 Å². The van der Waals surface area contributed by atoms with E-state index in [1.54, 1.807) is 0 Å². The molecule has 0 spiro atoms. The Labute approximate surface area is 183 Å². The largest absolute Gasteiger partial charge is 0.352 e. The number of nitrogens with one attached hydrogen (secondary N) is 2. The van der Waals surface area contributed by atoms with Crippen LogP contribution in [0.15, 0.2) is 60.7 Å². The number of benzene rings is 2. The van der Waals surface area contributed by atoms with Crippen molar-refractivity contribution in [3.05, 3.63) is 88.7 Å². The van der Waals surface area contributed by atoms with Gasteiger partial charge in [0.25, 0.3) is 5.91 Å². The molecule has 2 aromatic carbocycles. The number of hydrogen-bond acceptors (Lipinski definition) is 2. The molecule has 1 heterocycles. The van der Waals surface area contributed by atoms with Gasteiger partial charge in [-0.25, -0.2) is 0 Å². The van der Waals surface area contributed by atoms with Crippen molar-refractivity contribution in [1.29, 1.82) is 0 Å². The average Bonchev–Trinajstić information content (AvgIpc) is 3.52. The Bertz CT molecular complexity index is 1100. The van der Waals surface area contributed by atoms with Gasteiger partial charge in [-0.1, -0.05) is 48.5 Å². The standard InChI is InChI=1S/C26H29N3O2/c1-17-9-7-8-12-24(17)29-18(2)15-22(19(29)3)25(30)28-23(26(31)27-21-13-14-21)16-20-10-5-4-6-11-20/h4-12,15,21,23H,13-14,16H2,1-3H3,(H,27,31)(H,28,30). The van der Waals surface area contributed by atoms with Gasteiger partial charge in [-0.2, -0.15) is 0 Å². The van der Waals surface area contributed by atoms with Gasteiger partial charge in [-0.3, -0.25) is 9.59 Å². The Morgan fingerprint density at radius 3 is 2.35 bits per heavy atom. The molecule has 1 atom stereocenters. The first-order chi connectivity index (χ1) is 14.9. The first-order valence-electron chi connectivity index (χ1n) is 10.8. The van der Waals surface area contributed by atoms with Gasteiger partial charge in [-0.15, -0.1) is 0 Å². The summed E-state index contributed by atoms with van der Waals surface area (Å²) in [6, 6.07) is 19.5. The van der Waals surface area contributed by atoms with Gasteiger partial charge in [-0.05, 0) is 56.9 Å². The number of nitrogens with zero attached hydrogens (tertiary/aromatic N) is 1. The average molecular weight is 416 g/mol. The van der Waals surface area contributed by atoms with Crippen molar-refractivity contribution in [2.45, 2.75) is 52.1 Å². The molecule has 1 fully saturated rings. The molecule has 160 valence electrons. The number of aryl methyl sites for hydroxylation is 2. The van der Waals surface area contributed by atoms with Gasteiger partial charge < -0.3 is 15.2 Å². The molecule has 2 amide bonds. The third kappa shape index (κ3) is 4.71. The van der Waals surface area contributed by atoms with Crippen molar-refractivity contribution >= 4 is 11.8 Å². The van der Waals surface area contributed by atoms with Gasteiger partial charge in [0.15, 0.2) is 0 Å². The van der Waals surface area contributed by atoms with Crippen LogP contribution in [0.5, 0.6) is 0 Å². The fourth-order valence-electron chi connectivity index (χ4n) is 4.00. The smallest absolute Gasteiger partial charge is 0.253 e. The van der Waals surface area contributed by atoms with Crippen LogP contribution in [0.1, 0.15) is 45.7 Å². The normalized spacial score (nSPS) is 14.2. The van der Waals surface area contributed by atoms with Crippen molar-refractivity contribution in [1.82, 2.24) is 15.2 Å². The van der Waals surface area contributed by atoms with Crippen molar-refractivity contribution in [3.63, 3.8) is 0 Å². The third-order valence-electron chi connectivity index (χ3n) is 5.86. The minimum Gasteiger partial charge on any atom is -0.352 e. The Morgan fingerprint density at radius 1 is 1.00 bits per heavy atom. The van der Waals surface area contributed by atoms with Crippen LogP contribution in [0.2, 0.25) is 0 Å². The van der Waals surface area contributed by atoms with Crippen molar-refractivity contribution < 1.29 is 9.59 Å². The van der Waals surface area contributed by atoms with E-state index in [9.17, 15) is 9.59 Å². The first-order valence-corrected chi connectivity index (χ1v) is 10.8. The number of carbonyl (C=O) groups excluding carboxylic acids is 2. The Balaban J connectivity index is 1.59. The maximum Gasteiger partial charge on any atom is 0.253 e. The second-order valence-electron chi connectivity index (χ2n) is 8.41. The van der Waals surface area contributed by atoms with Gasteiger partial charge in [0.05, 0.1) is 5.56 Å². The van der Waals surface area contributed by atoms with Gasteiger partial charge in [0.1, 0.15) is 6.04 Å².